The van der Waals surface area contributed by atoms with E-state index in [1.54, 1.807) is 11.3 Å². The lowest BCUT2D eigenvalue weighted by molar-refractivity contribution is -0.140. The molecule has 1 N–H and O–H groups in total. The van der Waals surface area contributed by atoms with Crippen LogP contribution in [0.2, 0.25) is 0 Å². The zero-order valence-corrected chi connectivity index (χ0v) is 15.8. The van der Waals surface area contributed by atoms with Crippen LogP contribution in [-0.2, 0) is 11.3 Å². The first-order valence-electron chi connectivity index (χ1n) is 10.2. The van der Waals surface area contributed by atoms with Gasteiger partial charge in [0, 0.05) is 11.9 Å². The lowest BCUT2D eigenvalue weighted by Gasteiger charge is -2.55. The predicted molar refractivity (Wildman–Crippen MR) is 100 cm³/mol. The maximum Gasteiger partial charge on any atom is 0.232 e. The van der Waals surface area contributed by atoms with Crippen LogP contribution < -0.4 is 5.32 Å². The Hall–Kier alpha value is -0.940. The van der Waals surface area contributed by atoms with Gasteiger partial charge in [0.25, 0.3) is 0 Å². The summed E-state index contributed by atoms with van der Waals surface area (Å²) < 4.78 is 0. The molecule has 1 aromatic heterocycles. The zero-order chi connectivity index (χ0) is 16.9. The fraction of sp³-hybridized carbons (Fsp3) is 0.800. The zero-order valence-electron chi connectivity index (χ0n) is 15.0. The molecule has 4 nitrogen and oxygen atoms in total. The molecule has 0 atom stereocenters. The molecule has 4 saturated carbocycles. The smallest absolute Gasteiger partial charge is 0.232 e. The van der Waals surface area contributed by atoms with Gasteiger partial charge < -0.3 is 5.32 Å². The molecule has 1 amide bonds. The van der Waals surface area contributed by atoms with Gasteiger partial charge in [-0.25, -0.2) is 4.98 Å². The second kappa shape index (κ2) is 6.34. The van der Waals surface area contributed by atoms with E-state index in [1.165, 1.54) is 51.6 Å². The summed E-state index contributed by atoms with van der Waals surface area (Å²) in [5.41, 5.74) is 1.04. The molecular weight excluding hydrogens is 330 g/mol. The highest BCUT2D eigenvalue weighted by atomic mass is 32.1. The largest absolute Gasteiger partial charge is 0.301 e. The number of carbonyl (C=O) groups excluding carboxylic acids is 1. The number of amides is 1. The number of hydrogen-bond donors (Lipinski definition) is 1. The minimum atomic E-state index is -0.0759. The van der Waals surface area contributed by atoms with E-state index in [0.29, 0.717) is 0 Å². The molecule has 0 aromatic carbocycles. The van der Waals surface area contributed by atoms with Crippen LogP contribution in [0.5, 0.6) is 0 Å². The summed E-state index contributed by atoms with van der Waals surface area (Å²) in [6, 6.07) is 0. The van der Waals surface area contributed by atoms with Crippen molar-refractivity contribution in [3.63, 3.8) is 0 Å². The van der Waals surface area contributed by atoms with E-state index in [2.05, 4.69) is 15.6 Å². The first-order chi connectivity index (χ1) is 12.2. The summed E-state index contributed by atoms with van der Waals surface area (Å²) in [4.78, 5) is 20.3. The Labute approximate surface area is 154 Å². The second-order valence-corrected chi connectivity index (χ2v) is 9.99. The molecule has 0 spiro atoms. The van der Waals surface area contributed by atoms with Crippen LogP contribution >= 0.6 is 11.3 Å². The highest BCUT2D eigenvalue weighted by molar-refractivity contribution is 7.13. The van der Waals surface area contributed by atoms with Crippen molar-refractivity contribution >= 4 is 22.4 Å². The molecule has 5 heteroatoms. The SMILES string of the molecule is O=C(Nc1nc(CN2CCCCC2)cs1)C12CC3CC(CC(C3)C1)C2. The standard InChI is InChI=1S/C20H29N3OS/c24-18(20-9-14-6-15(10-20)8-16(7-14)11-20)22-19-21-17(13-25-19)12-23-4-2-1-3-5-23/h13-16H,1-12H2,(H,21,22,24). The molecule has 6 rings (SSSR count). The van der Waals surface area contributed by atoms with E-state index < -0.39 is 0 Å². The molecule has 0 radical (unpaired) electrons. The molecule has 5 aliphatic rings. The highest BCUT2D eigenvalue weighted by Crippen LogP contribution is 2.60. The molecule has 1 aliphatic heterocycles. The van der Waals surface area contributed by atoms with Gasteiger partial charge in [-0.3, -0.25) is 9.69 Å². The minimum absolute atomic E-state index is 0.0759. The van der Waals surface area contributed by atoms with Crippen molar-refractivity contribution in [2.75, 3.05) is 18.4 Å². The van der Waals surface area contributed by atoms with Crippen molar-refractivity contribution in [1.29, 1.82) is 0 Å². The van der Waals surface area contributed by atoms with Crippen molar-refractivity contribution in [2.24, 2.45) is 23.2 Å². The number of nitrogens with zero attached hydrogens (tertiary/aromatic N) is 2. The van der Waals surface area contributed by atoms with Crippen LogP contribution in [0.3, 0.4) is 0 Å². The average Bonchev–Trinajstić information content (AvgIpc) is 3.01. The Morgan fingerprint density at radius 2 is 1.76 bits per heavy atom. The molecule has 2 heterocycles. The summed E-state index contributed by atoms with van der Waals surface area (Å²) in [6.45, 7) is 3.31. The third-order valence-corrected chi connectivity index (χ3v) is 7.93. The van der Waals surface area contributed by atoms with Gasteiger partial charge >= 0.3 is 0 Å². The van der Waals surface area contributed by atoms with E-state index in [-0.39, 0.29) is 11.3 Å². The maximum absolute atomic E-state index is 13.1. The number of thiazole rings is 1. The van der Waals surface area contributed by atoms with Crippen molar-refractivity contribution < 1.29 is 4.79 Å². The first-order valence-corrected chi connectivity index (χ1v) is 11.0. The average molecular weight is 360 g/mol. The highest BCUT2D eigenvalue weighted by Gasteiger charge is 2.54. The third-order valence-electron chi connectivity index (χ3n) is 7.13. The molecule has 4 aliphatic carbocycles. The van der Waals surface area contributed by atoms with Gasteiger partial charge in [-0.15, -0.1) is 11.3 Å². The summed E-state index contributed by atoms with van der Waals surface area (Å²) in [5, 5.41) is 6.15. The van der Waals surface area contributed by atoms with Crippen molar-refractivity contribution in [3.8, 4) is 0 Å². The Bertz CT molecular complexity index is 614. The fourth-order valence-corrected chi connectivity index (χ4v) is 7.10. The van der Waals surface area contributed by atoms with Crippen LogP contribution in [0.25, 0.3) is 0 Å². The predicted octanol–water partition coefficient (Wildman–Crippen LogP) is 4.28. The van der Waals surface area contributed by atoms with Crippen LogP contribution in [0.1, 0.15) is 63.5 Å². The van der Waals surface area contributed by atoms with Gasteiger partial charge in [0.2, 0.25) is 5.91 Å². The molecule has 25 heavy (non-hydrogen) atoms. The number of anilines is 1. The number of rotatable bonds is 4. The van der Waals surface area contributed by atoms with Gasteiger partial charge in [0.1, 0.15) is 0 Å². The second-order valence-electron chi connectivity index (χ2n) is 9.13. The molecule has 136 valence electrons. The first kappa shape index (κ1) is 16.2. The Kier molecular flexibility index (Phi) is 4.12. The number of hydrogen-bond acceptors (Lipinski definition) is 4. The van der Waals surface area contributed by atoms with Gasteiger partial charge in [-0.2, -0.15) is 0 Å². The van der Waals surface area contributed by atoms with Gasteiger partial charge in [-0.05, 0) is 82.2 Å². The normalized spacial score (nSPS) is 37.4. The molecule has 5 fully saturated rings. The van der Waals surface area contributed by atoms with E-state index in [1.807, 2.05) is 0 Å². The molecule has 0 unspecified atom stereocenters. The molecule has 1 aromatic rings. The maximum atomic E-state index is 13.1. The molecular formula is C20H29N3OS. The van der Waals surface area contributed by atoms with Crippen molar-refractivity contribution in [1.82, 2.24) is 9.88 Å². The third kappa shape index (κ3) is 3.14. The van der Waals surface area contributed by atoms with E-state index in [4.69, 9.17) is 4.98 Å². The quantitative estimate of drug-likeness (QED) is 0.872. The monoisotopic (exact) mass is 359 g/mol. The lowest BCUT2D eigenvalue weighted by Crippen LogP contribution is -2.51. The summed E-state index contributed by atoms with van der Waals surface area (Å²) >= 11 is 1.60. The van der Waals surface area contributed by atoms with Crippen molar-refractivity contribution in [2.45, 2.75) is 64.3 Å². The Balaban J connectivity index is 1.24. The number of likely N-dealkylation sites (tertiary alicyclic amines) is 1. The van der Waals surface area contributed by atoms with Gasteiger partial charge in [0.15, 0.2) is 5.13 Å². The van der Waals surface area contributed by atoms with Crippen LogP contribution in [0, 0.1) is 23.2 Å². The number of carbonyl (C=O) groups is 1. The fourth-order valence-electron chi connectivity index (χ4n) is 6.40. The summed E-state index contributed by atoms with van der Waals surface area (Å²) in [5.74, 6) is 2.69. The van der Waals surface area contributed by atoms with E-state index in [0.717, 1.165) is 54.4 Å². The van der Waals surface area contributed by atoms with E-state index >= 15 is 0 Å². The van der Waals surface area contributed by atoms with Gasteiger partial charge in [-0.1, -0.05) is 6.42 Å². The molecule has 4 bridgehead atoms. The minimum Gasteiger partial charge on any atom is -0.301 e. The van der Waals surface area contributed by atoms with Crippen LogP contribution in [-0.4, -0.2) is 28.9 Å². The van der Waals surface area contributed by atoms with Crippen LogP contribution in [0.4, 0.5) is 5.13 Å². The summed E-state index contributed by atoms with van der Waals surface area (Å²) in [6.07, 6.45) is 11.5. The van der Waals surface area contributed by atoms with E-state index in [9.17, 15) is 4.79 Å². The number of nitrogens with one attached hydrogen (secondary N) is 1. The van der Waals surface area contributed by atoms with Crippen LogP contribution in [0.15, 0.2) is 5.38 Å². The molecule has 1 saturated heterocycles. The lowest BCUT2D eigenvalue weighted by atomic mass is 9.49. The number of aromatic nitrogens is 1. The number of piperidine rings is 1. The Morgan fingerprint density at radius 3 is 2.40 bits per heavy atom. The summed E-state index contributed by atoms with van der Waals surface area (Å²) in [7, 11) is 0. The van der Waals surface area contributed by atoms with Gasteiger partial charge in [0.05, 0.1) is 11.1 Å². The van der Waals surface area contributed by atoms with Crippen molar-refractivity contribution in [3.05, 3.63) is 11.1 Å². The topological polar surface area (TPSA) is 45.2 Å². The Morgan fingerprint density at radius 1 is 1.12 bits per heavy atom.